The van der Waals surface area contributed by atoms with E-state index < -0.39 is 0 Å². The fourth-order valence-corrected chi connectivity index (χ4v) is 2.82. The van der Waals surface area contributed by atoms with Gasteiger partial charge in [0.15, 0.2) is 0 Å². The van der Waals surface area contributed by atoms with E-state index in [0.717, 1.165) is 19.4 Å². The van der Waals surface area contributed by atoms with Crippen LogP contribution >= 0.6 is 0 Å². The molecule has 0 unspecified atom stereocenters. The zero-order valence-electron chi connectivity index (χ0n) is 10.2. The van der Waals surface area contributed by atoms with Crippen molar-refractivity contribution >= 4 is 17.3 Å². The van der Waals surface area contributed by atoms with Gasteiger partial charge in [-0.1, -0.05) is 18.2 Å². The molecule has 17 heavy (non-hydrogen) atoms. The predicted molar refractivity (Wildman–Crippen MR) is 67.8 cm³/mol. The fraction of sp³-hybridized carbons (Fsp3) is 0.357. The van der Waals surface area contributed by atoms with Crippen molar-refractivity contribution in [2.24, 2.45) is 0 Å². The minimum Gasteiger partial charge on any atom is -0.356 e. The van der Waals surface area contributed by atoms with Crippen LogP contribution in [0.5, 0.6) is 0 Å². The molecule has 2 aromatic rings. The number of para-hydroxylation sites is 1. The van der Waals surface area contributed by atoms with Crippen molar-refractivity contribution in [3.8, 4) is 0 Å². The topological polar surface area (TPSA) is 36.1 Å². The Bertz CT molecular complexity index is 583. The number of aromatic amines is 1. The average molecular weight is 228 g/mol. The number of carbonyl (C=O) groups is 1. The second-order valence-electron chi connectivity index (χ2n) is 5.13. The van der Waals surface area contributed by atoms with Crippen LogP contribution in [0, 0.1) is 0 Å². The molecule has 1 aliphatic heterocycles. The molecule has 1 amide bonds. The van der Waals surface area contributed by atoms with E-state index in [9.17, 15) is 4.79 Å². The van der Waals surface area contributed by atoms with Gasteiger partial charge in [-0.15, -0.1) is 0 Å². The highest BCUT2D eigenvalue weighted by atomic mass is 16.1. The van der Waals surface area contributed by atoms with Crippen molar-refractivity contribution in [2.45, 2.75) is 25.8 Å². The number of hydrogen-bond acceptors (Lipinski definition) is 1. The summed E-state index contributed by atoms with van der Waals surface area (Å²) in [6, 6.07) is 8.34. The highest BCUT2D eigenvalue weighted by Crippen LogP contribution is 2.37. The molecular formula is C14H16N2O. The van der Waals surface area contributed by atoms with E-state index in [-0.39, 0.29) is 5.54 Å². The number of nitrogens with zero attached hydrogens (tertiary/aromatic N) is 1. The summed E-state index contributed by atoms with van der Waals surface area (Å²) < 4.78 is 0. The number of H-pyrrole nitrogens is 1. The van der Waals surface area contributed by atoms with Crippen molar-refractivity contribution in [1.29, 1.82) is 0 Å². The number of carbonyl (C=O) groups excluding carboxylic acids is 1. The van der Waals surface area contributed by atoms with Gasteiger partial charge in [-0.3, -0.25) is 4.79 Å². The second kappa shape index (κ2) is 3.36. The van der Waals surface area contributed by atoms with E-state index in [2.05, 4.69) is 37.0 Å². The highest BCUT2D eigenvalue weighted by molar-refractivity contribution is 5.85. The lowest BCUT2D eigenvalue weighted by Gasteiger charge is -2.39. The highest BCUT2D eigenvalue weighted by Gasteiger charge is 2.35. The van der Waals surface area contributed by atoms with E-state index in [1.165, 1.54) is 22.2 Å². The zero-order valence-corrected chi connectivity index (χ0v) is 10.2. The first-order valence-electron chi connectivity index (χ1n) is 5.96. The van der Waals surface area contributed by atoms with Crippen molar-refractivity contribution in [1.82, 2.24) is 9.88 Å². The molecule has 0 saturated heterocycles. The van der Waals surface area contributed by atoms with Crippen LogP contribution in [-0.2, 0) is 16.8 Å². The first kappa shape index (κ1) is 10.4. The van der Waals surface area contributed by atoms with Gasteiger partial charge in [-0.25, -0.2) is 0 Å². The summed E-state index contributed by atoms with van der Waals surface area (Å²) in [5.41, 5.74) is 3.47. The summed E-state index contributed by atoms with van der Waals surface area (Å²) in [5.74, 6) is 0. The molecule has 0 spiro atoms. The normalized spacial score (nSPS) is 18.1. The number of rotatable bonds is 1. The Balaban J connectivity index is 2.27. The molecule has 0 saturated carbocycles. The van der Waals surface area contributed by atoms with Crippen LogP contribution in [0.25, 0.3) is 10.9 Å². The van der Waals surface area contributed by atoms with Crippen LogP contribution in [0.4, 0.5) is 0 Å². The fourth-order valence-electron chi connectivity index (χ4n) is 2.82. The van der Waals surface area contributed by atoms with Crippen molar-refractivity contribution in [3.05, 3.63) is 35.5 Å². The van der Waals surface area contributed by atoms with Crippen molar-refractivity contribution in [2.75, 3.05) is 6.54 Å². The smallest absolute Gasteiger partial charge is 0.210 e. The number of aromatic nitrogens is 1. The van der Waals surface area contributed by atoms with Gasteiger partial charge in [0.2, 0.25) is 6.41 Å². The lowest BCUT2D eigenvalue weighted by molar-refractivity contribution is -0.123. The summed E-state index contributed by atoms with van der Waals surface area (Å²) in [5, 5.41) is 1.29. The third-order valence-corrected chi connectivity index (χ3v) is 3.87. The molecule has 3 heteroatoms. The molecule has 1 aromatic carbocycles. The van der Waals surface area contributed by atoms with Gasteiger partial charge >= 0.3 is 0 Å². The number of benzene rings is 1. The van der Waals surface area contributed by atoms with Gasteiger partial charge in [0.1, 0.15) is 0 Å². The summed E-state index contributed by atoms with van der Waals surface area (Å²) in [7, 11) is 0. The Morgan fingerprint density at radius 3 is 2.88 bits per heavy atom. The standard InChI is InChI=1S/C14H16N2O/c1-14(2)13-11(7-8-16(14)9-17)10-5-3-4-6-12(10)15-13/h3-6,9,15H,7-8H2,1-2H3. The molecule has 0 aliphatic carbocycles. The summed E-state index contributed by atoms with van der Waals surface area (Å²) in [6.07, 6.45) is 1.88. The summed E-state index contributed by atoms with van der Waals surface area (Å²) in [4.78, 5) is 16.4. The van der Waals surface area contributed by atoms with E-state index in [1.54, 1.807) is 0 Å². The molecule has 3 nitrogen and oxygen atoms in total. The average Bonchev–Trinajstić information content (AvgIpc) is 2.69. The van der Waals surface area contributed by atoms with Crippen LogP contribution in [-0.4, -0.2) is 22.8 Å². The van der Waals surface area contributed by atoms with Gasteiger partial charge in [0.25, 0.3) is 0 Å². The number of fused-ring (bicyclic) bond motifs is 3. The van der Waals surface area contributed by atoms with Crippen molar-refractivity contribution < 1.29 is 4.79 Å². The van der Waals surface area contributed by atoms with Gasteiger partial charge in [-0.2, -0.15) is 0 Å². The van der Waals surface area contributed by atoms with E-state index >= 15 is 0 Å². The maximum Gasteiger partial charge on any atom is 0.210 e. The monoisotopic (exact) mass is 228 g/mol. The maximum absolute atomic E-state index is 11.1. The minimum absolute atomic E-state index is 0.242. The molecule has 0 radical (unpaired) electrons. The molecule has 88 valence electrons. The number of amides is 1. The molecule has 2 heterocycles. The van der Waals surface area contributed by atoms with E-state index in [0.29, 0.717) is 0 Å². The second-order valence-corrected chi connectivity index (χ2v) is 5.13. The molecule has 1 aromatic heterocycles. The van der Waals surface area contributed by atoms with Crippen LogP contribution in [0.15, 0.2) is 24.3 Å². The first-order chi connectivity index (χ1) is 8.14. The Hall–Kier alpha value is -1.77. The Morgan fingerprint density at radius 2 is 2.12 bits per heavy atom. The first-order valence-corrected chi connectivity index (χ1v) is 5.96. The molecule has 1 N–H and O–H groups in total. The lowest BCUT2D eigenvalue weighted by Crippen LogP contribution is -2.45. The van der Waals surface area contributed by atoms with Gasteiger partial charge in [0.05, 0.1) is 5.54 Å². The van der Waals surface area contributed by atoms with E-state index in [1.807, 2.05) is 11.0 Å². The molecule has 1 aliphatic rings. The number of nitrogens with one attached hydrogen (secondary N) is 1. The minimum atomic E-state index is -0.242. The van der Waals surface area contributed by atoms with Crippen molar-refractivity contribution in [3.63, 3.8) is 0 Å². The van der Waals surface area contributed by atoms with Gasteiger partial charge < -0.3 is 9.88 Å². The van der Waals surface area contributed by atoms with Gasteiger partial charge in [0, 0.05) is 23.1 Å². The van der Waals surface area contributed by atoms with E-state index in [4.69, 9.17) is 0 Å². The Labute approximate surface area is 100 Å². The van der Waals surface area contributed by atoms with Crippen LogP contribution in [0.2, 0.25) is 0 Å². The van der Waals surface area contributed by atoms with Crippen LogP contribution < -0.4 is 0 Å². The van der Waals surface area contributed by atoms with Crippen LogP contribution in [0.1, 0.15) is 25.1 Å². The largest absolute Gasteiger partial charge is 0.356 e. The summed E-state index contributed by atoms with van der Waals surface area (Å²) in [6.45, 7) is 4.98. The van der Waals surface area contributed by atoms with Crippen LogP contribution in [0.3, 0.4) is 0 Å². The lowest BCUT2D eigenvalue weighted by atomic mass is 9.88. The number of hydrogen-bond donors (Lipinski definition) is 1. The maximum atomic E-state index is 11.1. The molecule has 0 atom stereocenters. The zero-order chi connectivity index (χ0) is 12.0. The Kier molecular flexibility index (Phi) is 2.05. The summed E-state index contributed by atoms with van der Waals surface area (Å²) >= 11 is 0. The third kappa shape index (κ3) is 1.32. The molecule has 0 bridgehead atoms. The Morgan fingerprint density at radius 1 is 1.35 bits per heavy atom. The third-order valence-electron chi connectivity index (χ3n) is 3.87. The van der Waals surface area contributed by atoms with Gasteiger partial charge in [-0.05, 0) is 31.9 Å². The molecule has 3 rings (SSSR count). The molecule has 0 fully saturated rings. The molecular weight excluding hydrogens is 212 g/mol. The quantitative estimate of drug-likeness (QED) is 0.748. The predicted octanol–water partition coefficient (Wildman–Crippen LogP) is 2.42. The SMILES string of the molecule is CC1(C)c2[nH]c3ccccc3c2CCN1C=O.